The zero-order chi connectivity index (χ0) is 55.5. The van der Waals surface area contributed by atoms with Crippen LogP contribution in [0, 0.1) is 21.7 Å². The molecule has 0 unspecified atom stereocenters. The molecular weight excluding hydrogens is 981 g/mol. The van der Waals surface area contributed by atoms with E-state index in [1.54, 1.807) is 14.2 Å². The van der Waals surface area contributed by atoms with Crippen molar-refractivity contribution in [1.29, 1.82) is 0 Å². The fraction of sp³-hybridized carbons (Fsp3) is 0.613. The second-order valence-electron chi connectivity index (χ2n) is 24.8. The Morgan fingerprint density at radius 2 is 0.623 bits per heavy atom. The van der Waals surface area contributed by atoms with Crippen molar-refractivity contribution in [1.82, 2.24) is 9.80 Å². The molecule has 2 aliphatic heterocycles. The quantitative estimate of drug-likeness (QED) is 0.0915. The first-order valence-corrected chi connectivity index (χ1v) is 27.6. The first-order valence-electron chi connectivity index (χ1n) is 27.6. The Morgan fingerprint density at radius 3 is 0.870 bits per heavy atom. The highest BCUT2D eigenvalue weighted by molar-refractivity contribution is 6.08. The second kappa shape index (κ2) is 24.0. The summed E-state index contributed by atoms with van der Waals surface area (Å²) in [5, 5.41) is 0. The molecule has 15 nitrogen and oxygen atoms in total. The molecule has 2 aromatic carbocycles. The van der Waals surface area contributed by atoms with E-state index in [9.17, 15) is 19.2 Å². The van der Waals surface area contributed by atoms with E-state index in [1.165, 1.54) is 0 Å². The Balaban J connectivity index is 0.691. The number of carbonyl (C=O) groups excluding carboxylic acids is 4. The van der Waals surface area contributed by atoms with Crippen LogP contribution < -0.4 is 18.9 Å². The van der Waals surface area contributed by atoms with Crippen LogP contribution in [-0.4, -0.2) is 141 Å². The van der Waals surface area contributed by atoms with Crippen LogP contribution in [0.25, 0.3) is 0 Å². The molecule has 0 saturated heterocycles. The van der Waals surface area contributed by atoms with Crippen LogP contribution in [-0.2, 0) is 42.9 Å². The summed E-state index contributed by atoms with van der Waals surface area (Å²) in [5.41, 5.74) is 8.06. The number of Topliss-reactive ketones (excluding diaryl/α,β-unsaturated/α-hetero) is 4. The number of nitrogens with zero attached hydrogens (tertiary/aromatic N) is 2. The summed E-state index contributed by atoms with van der Waals surface area (Å²) in [6, 6.07) is 11.5. The lowest BCUT2D eigenvalue weighted by Gasteiger charge is -2.48. The van der Waals surface area contributed by atoms with Crippen molar-refractivity contribution in [2.24, 2.45) is 21.7 Å². The van der Waals surface area contributed by atoms with Crippen LogP contribution in [0.2, 0.25) is 0 Å². The van der Waals surface area contributed by atoms with Gasteiger partial charge in [-0.1, -0.05) is 67.5 Å². The molecule has 4 aliphatic carbocycles. The Hall–Kier alpha value is -5.32. The predicted molar refractivity (Wildman–Crippen MR) is 292 cm³/mol. The minimum absolute atomic E-state index is 0.0998. The molecule has 0 fully saturated rings. The lowest BCUT2D eigenvalue weighted by molar-refractivity contribution is -0.121. The summed E-state index contributed by atoms with van der Waals surface area (Å²) < 4.78 is 52.3. The van der Waals surface area contributed by atoms with Gasteiger partial charge in [0.05, 0.1) is 80.3 Å². The zero-order valence-electron chi connectivity index (χ0n) is 48.0. The standard InChI is InChI=1S/C62H84N2O13/c1-59(2)31-41-55(45(65)35-59)53(56-42(63(41)9)32-60(3,4)36-46(56)66)39-13-15-49(51(29-39)69-11)76-27-25-74-23-21-72-19-17-71-18-20-73-22-24-75-26-28-77-50-16-14-40(30-52(50)70-12)54-57-43(33-61(5,6)37-47(57)67)64(10)44-34-62(7,8)38-48(68)58(44)54/h13-16,29-30,53-54H,17-28,31-38H2,1-12H3. The third kappa shape index (κ3) is 13.2. The first kappa shape index (κ1) is 57.8. The van der Waals surface area contributed by atoms with Gasteiger partial charge in [0.2, 0.25) is 0 Å². The number of allylic oxidation sites excluding steroid dienone is 8. The van der Waals surface area contributed by atoms with Crippen LogP contribution in [0.4, 0.5) is 0 Å². The van der Waals surface area contributed by atoms with E-state index in [-0.39, 0.29) is 44.8 Å². The van der Waals surface area contributed by atoms with Crippen molar-refractivity contribution < 1.29 is 61.8 Å². The van der Waals surface area contributed by atoms with Crippen molar-refractivity contribution in [3.8, 4) is 23.0 Å². The minimum Gasteiger partial charge on any atom is -0.493 e. The second-order valence-corrected chi connectivity index (χ2v) is 24.8. The largest absolute Gasteiger partial charge is 0.493 e. The molecule has 77 heavy (non-hydrogen) atoms. The molecule has 8 rings (SSSR count). The van der Waals surface area contributed by atoms with E-state index in [4.69, 9.17) is 42.6 Å². The maximum atomic E-state index is 13.9. The monoisotopic (exact) mass is 1060 g/mol. The van der Waals surface area contributed by atoms with Gasteiger partial charge in [0, 0.05) is 96.7 Å². The molecule has 15 heteroatoms. The fourth-order valence-electron chi connectivity index (χ4n) is 12.4. The average molecular weight is 1070 g/mol. The van der Waals surface area contributed by atoms with Crippen LogP contribution in [0.3, 0.4) is 0 Å². The van der Waals surface area contributed by atoms with E-state index in [1.807, 2.05) is 50.5 Å². The van der Waals surface area contributed by atoms with Crippen molar-refractivity contribution in [2.45, 2.75) is 119 Å². The Morgan fingerprint density at radius 1 is 0.377 bits per heavy atom. The van der Waals surface area contributed by atoms with Gasteiger partial charge in [0.25, 0.3) is 0 Å². The molecule has 2 heterocycles. The van der Waals surface area contributed by atoms with E-state index in [2.05, 4.69) is 65.2 Å². The summed E-state index contributed by atoms with van der Waals surface area (Å²) in [6.07, 6.45) is 4.83. The number of ketones is 4. The number of carbonyl (C=O) groups is 4. The topological polar surface area (TPSA) is 158 Å². The van der Waals surface area contributed by atoms with E-state index < -0.39 is 11.8 Å². The van der Waals surface area contributed by atoms with Crippen molar-refractivity contribution in [3.63, 3.8) is 0 Å². The molecule has 0 atom stereocenters. The van der Waals surface area contributed by atoms with E-state index in [0.717, 1.165) is 81.9 Å². The smallest absolute Gasteiger partial charge is 0.162 e. The van der Waals surface area contributed by atoms with Crippen molar-refractivity contribution in [3.05, 3.63) is 92.6 Å². The number of ether oxygens (including phenoxy) is 9. The Bertz CT molecular complexity index is 2420. The van der Waals surface area contributed by atoms with Gasteiger partial charge < -0.3 is 52.4 Å². The third-order valence-electron chi connectivity index (χ3n) is 15.9. The number of rotatable bonds is 24. The van der Waals surface area contributed by atoms with Gasteiger partial charge in [-0.2, -0.15) is 0 Å². The molecule has 6 aliphatic rings. The van der Waals surface area contributed by atoms with Crippen molar-refractivity contribution in [2.75, 3.05) is 108 Å². The van der Waals surface area contributed by atoms with Gasteiger partial charge in [-0.3, -0.25) is 19.2 Å². The molecule has 0 spiro atoms. The normalized spacial score (nSPS) is 21.1. The SMILES string of the molecule is COc1cc(C2C3=C(CC(C)(C)CC3=O)N(C)C3=C2C(=O)CC(C)(C)C3)ccc1OCCOCCOCCOCCOCCOCCOc1ccc(C2C3=C(CC(C)(C)CC3=O)N(C)C3=C2C(=O)CC(C)(C)C3)cc1OC. The highest BCUT2D eigenvalue weighted by atomic mass is 16.6. The van der Waals surface area contributed by atoms with Crippen LogP contribution in [0.5, 0.6) is 23.0 Å². The minimum atomic E-state index is -0.446. The van der Waals surface area contributed by atoms with Gasteiger partial charge in [0.1, 0.15) is 13.2 Å². The van der Waals surface area contributed by atoms with Crippen molar-refractivity contribution >= 4 is 23.1 Å². The van der Waals surface area contributed by atoms with Gasteiger partial charge in [-0.25, -0.2) is 0 Å². The summed E-state index contributed by atoms with van der Waals surface area (Å²) in [5.74, 6) is 1.70. The Labute approximate surface area is 456 Å². The van der Waals surface area contributed by atoms with Gasteiger partial charge in [-0.05, 0) is 82.7 Å². The maximum Gasteiger partial charge on any atom is 0.162 e. The fourth-order valence-corrected chi connectivity index (χ4v) is 12.4. The number of hydrogen-bond donors (Lipinski definition) is 0. The lowest BCUT2D eigenvalue weighted by atomic mass is 9.63. The molecule has 0 N–H and O–H groups in total. The molecule has 0 bridgehead atoms. The summed E-state index contributed by atoms with van der Waals surface area (Å²) in [7, 11) is 7.23. The molecule has 2 aromatic rings. The maximum absolute atomic E-state index is 13.9. The highest BCUT2D eigenvalue weighted by Gasteiger charge is 2.50. The molecular formula is C62H84N2O13. The molecule has 0 aromatic heterocycles. The third-order valence-corrected chi connectivity index (χ3v) is 15.9. The molecule has 0 saturated carbocycles. The van der Waals surface area contributed by atoms with Crippen LogP contribution in [0.15, 0.2) is 81.5 Å². The molecule has 420 valence electrons. The molecule has 0 amide bonds. The van der Waals surface area contributed by atoms with E-state index in [0.29, 0.717) is 128 Å². The number of methoxy groups -OCH3 is 2. The summed E-state index contributed by atoms with van der Waals surface area (Å²) in [6.45, 7) is 21.7. The highest BCUT2D eigenvalue weighted by Crippen LogP contribution is 2.56. The zero-order valence-corrected chi connectivity index (χ0v) is 48.0. The van der Waals surface area contributed by atoms with E-state index >= 15 is 0 Å². The number of hydrogen-bond acceptors (Lipinski definition) is 15. The summed E-state index contributed by atoms with van der Waals surface area (Å²) >= 11 is 0. The Kier molecular flexibility index (Phi) is 18.0. The lowest BCUT2D eigenvalue weighted by Crippen LogP contribution is -2.43. The van der Waals surface area contributed by atoms with Gasteiger partial charge in [0.15, 0.2) is 46.1 Å². The summed E-state index contributed by atoms with van der Waals surface area (Å²) in [4.78, 5) is 59.9. The van der Waals surface area contributed by atoms with Gasteiger partial charge >= 0.3 is 0 Å². The predicted octanol–water partition coefficient (Wildman–Crippen LogP) is 9.88. The van der Waals surface area contributed by atoms with Gasteiger partial charge in [-0.15, -0.1) is 0 Å². The average Bonchev–Trinajstić information content (AvgIpc) is 3.51. The van der Waals surface area contributed by atoms with Crippen LogP contribution in [0.1, 0.15) is 130 Å². The first-order chi connectivity index (χ1) is 36.5. The molecule has 0 radical (unpaired) electrons. The number of benzene rings is 2. The van der Waals surface area contributed by atoms with Crippen LogP contribution >= 0.6 is 0 Å².